The van der Waals surface area contributed by atoms with Crippen LogP contribution in [-0.4, -0.2) is 20.0 Å². The summed E-state index contributed by atoms with van der Waals surface area (Å²) < 4.78 is 3.29. The van der Waals surface area contributed by atoms with E-state index in [1.54, 1.807) is 33.5 Å². The number of aromatic nitrogens is 3. The third-order valence-electron chi connectivity index (χ3n) is 5.29. The molecule has 0 spiro atoms. The molecule has 0 aliphatic carbocycles. The Balaban J connectivity index is 1.78. The van der Waals surface area contributed by atoms with Crippen molar-refractivity contribution in [3.8, 4) is 29.1 Å². The summed E-state index contributed by atoms with van der Waals surface area (Å²) in [4.78, 5) is 13.6. The number of fused-ring (bicyclic) bond motifs is 1. The lowest BCUT2D eigenvalue weighted by molar-refractivity contribution is 0.102. The van der Waals surface area contributed by atoms with E-state index in [2.05, 4.69) is 17.2 Å². The van der Waals surface area contributed by atoms with E-state index in [1.165, 1.54) is 0 Å². The molecule has 6 heteroatoms. The van der Waals surface area contributed by atoms with Crippen LogP contribution in [0.25, 0.3) is 22.5 Å². The fourth-order valence-corrected chi connectivity index (χ4v) is 3.84. The summed E-state index contributed by atoms with van der Waals surface area (Å²) in [6.07, 6.45) is 1.72. The molecule has 0 atom stereocenters. The fourth-order valence-electron chi connectivity index (χ4n) is 3.84. The van der Waals surface area contributed by atoms with Crippen molar-refractivity contribution in [1.29, 1.82) is 10.5 Å². The molecule has 2 aromatic carbocycles. The highest BCUT2D eigenvalue weighted by Crippen LogP contribution is 2.30. The zero-order chi connectivity index (χ0) is 22.1. The first-order valence-corrected chi connectivity index (χ1v) is 9.91. The Morgan fingerprint density at radius 2 is 1.53 bits per heavy atom. The molecular formula is C26H15N5O. The van der Waals surface area contributed by atoms with E-state index in [1.807, 2.05) is 66.7 Å². The predicted molar refractivity (Wildman–Crippen MR) is 119 cm³/mol. The van der Waals surface area contributed by atoms with Crippen molar-refractivity contribution in [2.24, 2.45) is 0 Å². The Hall–Kier alpha value is -4.94. The monoisotopic (exact) mass is 413 g/mol. The van der Waals surface area contributed by atoms with Crippen LogP contribution < -0.4 is 0 Å². The second-order valence-electron chi connectivity index (χ2n) is 7.14. The summed E-state index contributed by atoms with van der Waals surface area (Å²) in [7, 11) is 0. The van der Waals surface area contributed by atoms with E-state index >= 15 is 0 Å². The number of carbonyl (C=O) groups is 1. The maximum Gasteiger partial charge on any atom is 0.231 e. The number of rotatable bonds is 4. The molecule has 0 saturated carbocycles. The Labute approximate surface area is 183 Å². The smallest absolute Gasteiger partial charge is 0.231 e. The molecule has 0 amide bonds. The highest BCUT2D eigenvalue weighted by atomic mass is 16.1. The topological polar surface area (TPSA) is 86.9 Å². The minimum Gasteiger partial charge on any atom is -0.312 e. The molecule has 0 aliphatic heterocycles. The number of hydrogen-bond acceptors (Lipinski definition) is 4. The van der Waals surface area contributed by atoms with E-state index < -0.39 is 5.78 Å². The number of benzene rings is 2. The van der Waals surface area contributed by atoms with Crippen molar-refractivity contribution in [2.75, 3.05) is 0 Å². The van der Waals surface area contributed by atoms with Crippen LogP contribution in [-0.2, 0) is 0 Å². The van der Waals surface area contributed by atoms with Crippen molar-refractivity contribution < 1.29 is 4.79 Å². The van der Waals surface area contributed by atoms with Crippen LogP contribution in [0, 0.1) is 22.7 Å². The predicted octanol–water partition coefficient (Wildman–Crippen LogP) is 4.77. The largest absolute Gasteiger partial charge is 0.312 e. The van der Waals surface area contributed by atoms with Gasteiger partial charge in [0.2, 0.25) is 5.78 Å². The number of pyridine rings is 1. The number of carbonyl (C=O) groups excluding carboxylic acids is 1. The van der Waals surface area contributed by atoms with E-state index in [4.69, 9.17) is 0 Å². The average molecular weight is 413 g/mol. The Bertz CT molecular complexity index is 1550. The first kappa shape index (κ1) is 19.0. The molecule has 0 bridgehead atoms. The van der Waals surface area contributed by atoms with Crippen molar-refractivity contribution >= 4 is 11.3 Å². The molecule has 0 saturated heterocycles. The van der Waals surface area contributed by atoms with E-state index in [0.717, 1.165) is 11.3 Å². The Morgan fingerprint density at radius 1 is 0.844 bits per heavy atom. The summed E-state index contributed by atoms with van der Waals surface area (Å²) >= 11 is 0. The van der Waals surface area contributed by atoms with Gasteiger partial charge in [-0.3, -0.25) is 4.79 Å². The molecule has 3 aromatic heterocycles. The van der Waals surface area contributed by atoms with Crippen LogP contribution in [0.5, 0.6) is 0 Å². The van der Waals surface area contributed by atoms with Gasteiger partial charge in [0, 0.05) is 11.8 Å². The molecule has 0 fully saturated rings. The lowest BCUT2D eigenvalue weighted by atomic mass is 10.0. The van der Waals surface area contributed by atoms with Gasteiger partial charge in [0.25, 0.3) is 0 Å². The van der Waals surface area contributed by atoms with Crippen LogP contribution >= 0.6 is 0 Å². The summed E-state index contributed by atoms with van der Waals surface area (Å²) in [5, 5.41) is 24.2. The van der Waals surface area contributed by atoms with Crippen LogP contribution in [0.2, 0.25) is 0 Å². The number of ketones is 1. The van der Waals surface area contributed by atoms with E-state index in [9.17, 15) is 15.3 Å². The van der Waals surface area contributed by atoms with E-state index in [-0.39, 0.29) is 17.0 Å². The van der Waals surface area contributed by atoms with Gasteiger partial charge in [0.15, 0.2) is 5.69 Å². The zero-order valence-corrected chi connectivity index (χ0v) is 16.8. The first-order valence-electron chi connectivity index (χ1n) is 9.91. The van der Waals surface area contributed by atoms with Crippen LogP contribution in [0.1, 0.15) is 27.3 Å². The van der Waals surface area contributed by atoms with Crippen LogP contribution in [0.4, 0.5) is 0 Å². The summed E-state index contributed by atoms with van der Waals surface area (Å²) in [5.41, 5.74) is 3.59. The molecule has 0 aliphatic rings. The minimum atomic E-state index is -0.420. The SMILES string of the molecule is N#Cc1c(C(=O)c2cc(C#N)c3ccccn23)nn(-c2ccccc2)c1-c1ccccc1. The van der Waals surface area contributed by atoms with Gasteiger partial charge in [-0.05, 0) is 30.3 Å². The molecule has 5 aromatic rings. The number of nitriles is 2. The van der Waals surface area contributed by atoms with Crippen molar-refractivity contribution in [3.63, 3.8) is 0 Å². The lowest BCUT2D eigenvalue weighted by Crippen LogP contribution is -2.08. The Kier molecular flexibility index (Phi) is 4.59. The van der Waals surface area contributed by atoms with Gasteiger partial charge in [0.1, 0.15) is 17.7 Å². The van der Waals surface area contributed by atoms with Gasteiger partial charge < -0.3 is 4.40 Å². The summed E-state index contributed by atoms with van der Waals surface area (Å²) in [6, 6.07) is 30.0. The molecule has 0 unspecified atom stereocenters. The lowest BCUT2D eigenvalue weighted by Gasteiger charge is -2.07. The quantitative estimate of drug-likeness (QED) is 0.397. The maximum absolute atomic E-state index is 13.6. The van der Waals surface area contributed by atoms with Crippen molar-refractivity contribution in [2.45, 2.75) is 0 Å². The standard InChI is InChI=1S/C26H15N5O/c27-16-19-15-23(30-14-8-7-13-22(19)30)26(32)24-21(17-28)25(18-9-3-1-4-10-18)31(29-24)20-11-5-2-6-12-20/h1-15H. The van der Waals surface area contributed by atoms with Gasteiger partial charge in [0.05, 0.1) is 28.2 Å². The molecule has 0 N–H and O–H groups in total. The average Bonchev–Trinajstić information content (AvgIpc) is 3.43. The third kappa shape index (κ3) is 2.96. The molecule has 6 nitrogen and oxygen atoms in total. The third-order valence-corrected chi connectivity index (χ3v) is 5.29. The van der Waals surface area contributed by atoms with Gasteiger partial charge in [-0.2, -0.15) is 15.6 Å². The first-order chi connectivity index (χ1) is 15.7. The zero-order valence-electron chi connectivity index (χ0n) is 16.8. The fraction of sp³-hybridized carbons (Fsp3) is 0. The molecule has 150 valence electrons. The maximum atomic E-state index is 13.6. The highest BCUT2D eigenvalue weighted by molar-refractivity contribution is 6.10. The molecule has 3 heterocycles. The van der Waals surface area contributed by atoms with Crippen LogP contribution in [0.15, 0.2) is 91.1 Å². The summed E-state index contributed by atoms with van der Waals surface area (Å²) in [6.45, 7) is 0. The molecular weight excluding hydrogens is 398 g/mol. The molecule has 5 rings (SSSR count). The van der Waals surface area contributed by atoms with E-state index in [0.29, 0.717) is 16.8 Å². The normalized spacial score (nSPS) is 10.6. The van der Waals surface area contributed by atoms with Crippen molar-refractivity contribution in [3.05, 3.63) is 114 Å². The summed E-state index contributed by atoms with van der Waals surface area (Å²) in [5.74, 6) is -0.420. The van der Waals surface area contributed by atoms with Crippen molar-refractivity contribution in [1.82, 2.24) is 14.2 Å². The van der Waals surface area contributed by atoms with Gasteiger partial charge in [-0.15, -0.1) is 0 Å². The Morgan fingerprint density at radius 3 is 2.22 bits per heavy atom. The number of para-hydroxylation sites is 1. The minimum absolute atomic E-state index is 0.0444. The highest BCUT2D eigenvalue weighted by Gasteiger charge is 2.27. The number of hydrogen-bond donors (Lipinski definition) is 0. The van der Waals surface area contributed by atoms with Gasteiger partial charge in [-0.25, -0.2) is 4.68 Å². The van der Waals surface area contributed by atoms with Gasteiger partial charge in [-0.1, -0.05) is 54.6 Å². The second kappa shape index (κ2) is 7.71. The molecule has 0 radical (unpaired) electrons. The molecule has 32 heavy (non-hydrogen) atoms. The number of nitrogens with zero attached hydrogens (tertiary/aromatic N) is 5. The van der Waals surface area contributed by atoms with Gasteiger partial charge >= 0.3 is 0 Å². The second-order valence-corrected chi connectivity index (χ2v) is 7.14. The van der Waals surface area contributed by atoms with Crippen LogP contribution in [0.3, 0.4) is 0 Å².